The van der Waals surface area contributed by atoms with Gasteiger partial charge in [-0.25, -0.2) is 19.6 Å². The molecule has 1 saturated heterocycles. The first-order chi connectivity index (χ1) is 17.4. The number of aromatic nitrogens is 2. The Labute approximate surface area is 212 Å². The predicted molar refractivity (Wildman–Crippen MR) is 141 cm³/mol. The van der Waals surface area contributed by atoms with E-state index in [4.69, 9.17) is 14.7 Å². The van der Waals surface area contributed by atoms with Gasteiger partial charge in [0.05, 0.1) is 12.2 Å². The third kappa shape index (κ3) is 5.64. The molecule has 1 aromatic heterocycles. The number of rotatable bonds is 6. The highest BCUT2D eigenvalue weighted by Crippen LogP contribution is 2.31. The van der Waals surface area contributed by atoms with Crippen LogP contribution in [0.4, 0.5) is 16.3 Å². The molecule has 0 unspecified atom stereocenters. The maximum Gasteiger partial charge on any atom is 0.338 e. The van der Waals surface area contributed by atoms with Gasteiger partial charge in [-0.05, 0) is 44.0 Å². The fourth-order valence-corrected chi connectivity index (χ4v) is 4.43. The van der Waals surface area contributed by atoms with Crippen molar-refractivity contribution in [3.05, 3.63) is 71.4 Å². The van der Waals surface area contributed by atoms with Gasteiger partial charge >= 0.3 is 12.0 Å². The molecule has 188 valence electrons. The number of aryl methyl sites for hydroxylation is 1. The Morgan fingerprint density at radius 2 is 1.64 bits per heavy atom. The lowest BCUT2D eigenvalue weighted by Crippen LogP contribution is -2.50. The van der Waals surface area contributed by atoms with E-state index in [2.05, 4.69) is 24.1 Å². The van der Waals surface area contributed by atoms with Gasteiger partial charge < -0.3 is 19.9 Å². The second-order valence-electron chi connectivity index (χ2n) is 9.09. The topological polar surface area (TPSA) is 87.7 Å². The molecule has 3 aromatic rings. The van der Waals surface area contributed by atoms with E-state index in [0.29, 0.717) is 44.0 Å². The van der Waals surface area contributed by atoms with Gasteiger partial charge in [-0.3, -0.25) is 0 Å². The molecular weight excluding hydrogens is 454 g/mol. The quantitative estimate of drug-likeness (QED) is 0.487. The van der Waals surface area contributed by atoms with Crippen molar-refractivity contribution in [1.82, 2.24) is 14.9 Å². The summed E-state index contributed by atoms with van der Waals surface area (Å²) in [5, 5.41) is 2.92. The molecule has 36 heavy (non-hydrogen) atoms. The number of ether oxygens (including phenoxy) is 1. The number of benzene rings is 2. The van der Waals surface area contributed by atoms with Crippen LogP contribution < -0.4 is 10.2 Å². The first-order valence-corrected chi connectivity index (χ1v) is 12.4. The van der Waals surface area contributed by atoms with E-state index in [1.54, 1.807) is 36.1 Å². The minimum Gasteiger partial charge on any atom is -0.462 e. The van der Waals surface area contributed by atoms with Crippen LogP contribution in [0.15, 0.2) is 54.6 Å². The van der Waals surface area contributed by atoms with Gasteiger partial charge in [0.15, 0.2) is 5.82 Å². The molecule has 0 aliphatic carbocycles. The van der Waals surface area contributed by atoms with Gasteiger partial charge in [-0.15, -0.1) is 0 Å². The van der Waals surface area contributed by atoms with Crippen molar-refractivity contribution in [2.24, 2.45) is 0 Å². The Morgan fingerprint density at radius 1 is 0.972 bits per heavy atom. The van der Waals surface area contributed by atoms with Crippen molar-refractivity contribution < 1.29 is 14.3 Å². The first-order valence-electron chi connectivity index (χ1n) is 12.4. The summed E-state index contributed by atoms with van der Waals surface area (Å²) in [6, 6.07) is 16.6. The lowest BCUT2D eigenvalue weighted by molar-refractivity contribution is 0.0526. The van der Waals surface area contributed by atoms with Crippen LogP contribution in [0.1, 0.15) is 48.3 Å². The summed E-state index contributed by atoms with van der Waals surface area (Å²) >= 11 is 0. The van der Waals surface area contributed by atoms with Gasteiger partial charge in [0, 0.05) is 48.7 Å². The van der Waals surface area contributed by atoms with E-state index in [-0.39, 0.29) is 17.9 Å². The average Bonchev–Trinajstić information content (AvgIpc) is 2.89. The maximum absolute atomic E-state index is 12.9. The Kier molecular flexibility index (Phi) is 7.83. The Hall–Kier alpha value is -3.94. The zero-order chi connectivity index (χ0) is 25.7. The zero-order valence-electron chi connectivity index (χ0n) is 21.3. The van der Waals surface area contributed by atoms with Crippen LogP contribution in [-0.4, -0.2) is 59.7 Å². The average molecular weight is 488 g/mol. The van der Waals surface area contributed by atoms with Crippen LogP contribution in [0.25, 0.3) is 11.4 Å². The molecule has 2 heterocycles. The summed E-state index contributed by atoms with van der Waals surface area (Å²) < 4.78 is 5.01. The standard InChI is InChI=1S/C28H33N5O3/c1-5-36-27(34)22-11-13-23(14-12-22)30-28(35)33-17-15-32(16-18-33)26-24(19(2)3)20(4)29-25(31-26)21-9-7-6-8-10-21/h6-14,19H,5,15-18H2,1-4H3,(H,30,35). The smallest absolute Gasteiger partial charge is 0.338 e. The minimum absolute atomic E-state index is 0.161. The number of piperazine rings is 1. The minimum atomic E-state index is -0.373. The van der Waals surface area contributed by atoms with Crippen molar-refractivity contribution in [3.8, 4) is 11.4 Å². The predicted octanol–water partition coefficient (Wildman–Crippen LogP) is 5.11. The summed E-state index contributed by atoms with van der Waals surface area (Å²) in [6.45, 7) is 11.0. The molecule has 0 radical (unpaired) electrons. The molecule has 8 nitrogen and oxygen atoms in total. The van der Waals surface area contributed by atoms with Crippen LogP contribution in [0.3, 0.4) is 0 Å². The first kappa shape index (κ1) is 25.2. The van der Waals surface area contributed by atoms with Crippen LogP contribution in [0.5, 0.6) is 0 Å². The van der Waals surface area contributed by atoms with E-state index in [9.17, 15) is 9.59 Å². The van der Waals surface area contributed by atoms with Crippen molar-refractivity contribution in [1.29, 1.82) is 0 Å². The Morgan fingerprint density at radius 3 is 2.25 bits per heavy atom. The molecule has 2 aromatic carbocycles. The number of carbonyl (C=O) groups excluding carboxylic acids is 2. The highest BCUT2D eigenvalue weighted by Gasteiger charge is 2.26. The molecule has 1 N–H and O–H groups in total. The number of nitrogens with one attached hydrogen (secondary N) is 1. The number of esters is 1. The molecule has 0 spiro atoms. The summed E-state index contributed by atoms with van der Waals surface area (Å²) in [5.74, 6) is 1.58. The second-order valence-corrected chi connectivity index (χ2v) is 9.09. The van der Waals surface area contributed by atoms with E-state index in [1.165, 1.54) is 0 Å². The van der Waals surface area contributed by atoms with E-state index >= 15 is 0 Å². The summed E-state index contributed by atoms with van der Waals surface area (Å²) in [6.07, 6.45) is 0. The third-order valence-corrected chi connectivity index (χ3v) is 6.24. The van der Waals surface area contributed by atoms with Crippen molar-refractivity contribution >= 4 is 23.5 Å². The largest absolute Gasteiger partial charge is 0.462 e. The Bertz CT molecular complexity index is 1200. The fraction of sp³-hybridized carbons (Fsp3) is 0.357. The molecule has 8 heteroatoms. The van der Waals surface area contributed by atoms with E-state index in [1.807, 2.05) is 37.3 Å². The maximum atomic E-state index is 12.9. The molecule has 0 saturated carbocycles. The van der Waals surface area contributed by atoms with Crippen LogP contribution in [0, 0.1) is 6.92 Å². The molecular formula is C28H33N5O3. The SMILES string of the molecule is CCOC(=O)c1ccc(NC(=O)N2CCN(c3nc(-c4ccccc4)nc(C)c3C(C)C)CC2)cc1. The number of carbonyl (C=O) groups is 2. The normalized spacial score (nSPS) is 13.6. The molecule has 1 fully saturated rings. The number of hydrogen-bond donors (Lipinski definition) is 1. The molecule has 4 rings (SSSR count). The van der Waals surface area contributed by atoms with Crippen LogP contribution in [0.2, 0.25) is 0 Å². The molecule has 0 atom stereocenters. The summed E-state index contributed by atoms with van der Waals surface area (Å²) in [7, 11) is 0. The number of hydrogen-bond acceptors (Lipinski definition) is 6. The van der Waals surface area contributed by atoms with Gasteiger partial charge in [0.1, 0.15) is 5.82 Å². The van der Waals surface area contributed by atoms with Crippen molar-refractivity contribution in [3.63, 3.8) is 0 Å². The van der Waals surface area contributed by atoms with Crippen molar-refractivity contribution in [2.45, 2.75) is 33.6 Å². The van der Waals surface area contributed by atoms with E-state index < -0.39 is 0 Å². The number of amides is 2. The number of anilines is 2. The molecule has 0 bridgehead atoms. The van der Waals surface area contributed by atoms with Gasteiger partial charge in [-0.2, -0.15) is 0 Å². The second kappa shape index (κ2) is 11.2. The molecule has 1 aliphatic rings. The van der Waals surface area contributed by atoms with Crippen molar-refractivity contribution in [2.75, 3.05) is 43.0 Å². The lowest BCUT2D eigenvalue weighted by atomic mass is 10.0. The highest BCUT2D eigenvalue weighted by molar-refractivity contribution is 5.92. The van der Waals surface area contributed by atoms with Gasteiger partial charge in [0.25, 0.3) is 0 Å². The molecule has 1 aliphatic heterocycles. The van der Waals surface area contributed by atoms with Crippen LogP contribution in [-0.2, 0) is 4.74 Å². The summed E-state index contributed by atoms with van der Waals surface area (Å²) in [4.78, 5) is 38.5. The van der Waals surface area contributed by atoms with Crippen LogP contribution >= 0.6 is 0 Å². The van der Waals surface area contributed by atoms with E-state index in [0.717, 1.165) is 28.5 Å². The Balaban J connectivity index is 1.44. The third-order valence-electron chi connectivity index (χ3n) is 6.24. The number of nitrogens with zero attached hydrogens (tertiary/aromatic N) is 4. The number of urea groups is 1. The van der Waals surface area contributed by atoms with Gasteiger partial charge in [-0.1, -0.05) is 44.2 Å². The zero-order valence-corrected chi connectivity index (χ0v) is 21.3. The molecule has 2 amide bonds. The highest BCUT2D eigenvalue weighted by atomic mass is 16.5. The summed E-state index contributed by atoms with van der Waals surface area (Å²) in [5.41, 5.74) is 4.22. The monoisotopic (exact) mass is 487 g/mol. The lowest BCUT2D eigenvalue weighted by Gasteiger charge is -2.37. The fourth-order valence-electron chi connectivity index (χ4n) is 4.43. The van der Waals surface area contributed by atoms with Gasteiger partial charge in [0.2, 0.25) is 0 Å².